The molecule has 32 heavy (non-hydrogen) atoms. The van der Waals surface area contributed by atoms with Crippen molar-refractivity contribution in [3.63, 3.8) is 0 Å². The van der Waals surface area contributed by atoms with Crippen LogP contribution in [-0.4, -0.2) is 42.8 Å². The molecule has 0 radical (unpaired) electrons. The number of nitrogens with zero attached hydrogens (tertiary/aromatic N) is 5. The summed E-state index contributed by atoms with van der Waals surface area (Å²) in [6.07, 6.45) is -0.818. The zero-order valence-corrected chi connectivity index (χ0v) is 17.3. The Morgan fingerprint density at radius 2 is 1.97 bits per heavy atom. The summed E-state index contributed by atoms with van der Waals surface area (Å²) < 4.78 is 48.1. The number of anilines is 1. The second-order valence-corrected chi connectivity index (χ2v) is 7.38. The van der Waals surface area contributed by atoms with Gasteiger partial charge in [0.25, 0.3) is 0 Å². The summed E-state index contributed by atoms with van der Waals surface area (Å²) in [7, 11) is 1.54. The zero-order chi connectivity index (χ0) is 23.1. The fourth-order valence-corrected chi connectivity index (χ4v) is 3.57. The Kier molecular flexibility index (Phi) is 5.29. The Morgan fingerprint density at radius 1 is 1.19 bits per heavy atom. The highest BCUT2D eigenvalue weighted by atomic mass is 19.4. The minimum Gasteiger partial charge on any atom is -0.481 e. The quantitative estimate of drug-likeness (QED) is 0.471. The molecule has 0 amide bonds. The molecule has 0 aliphatic carbocycles. The minimum absolute atomic E-state index is 0.172. The van der Waals surface area contributed by atoms with Crippen LogP contribution in [0.5, 0.6) is 5.88 Å². The fraction of sp³-hybridized carbons (Fsp3) is 0.286. The molecule has 0 spiro atoms. The van der Waals surface area contributed by atoms with Gasteiger partial charge in [0.1, 0.15) is 5.69 Å². The van der Waals surface area contributed by atoms with E-state index in [0.717, 1.165) is 28.5 Å². The number of rotatable bonds is 6. The van der Waals surface area contributed by atoms with Crippen LogP contribution in [0.3, 0.4) is 0 Å². The van der Waals surface area contributed by atoms with Gasteiger partial charge in [-0.3, -0.25) is 0 Å². The zero-order valence-electron chi connectivity index (χ0n) is 17.3. The average molecular weight is 446 g/mol. The van der Waals surface area contributed by atoms with E-state index in [0.29, 0.717) is 11.6 Å². The molecule has 0 aliphatic heterocycles. The molecule has 0 bridgehead atoms. The van der Waals surface area contributed by atoms with Crippen LogP contribution in [0.25, 0.3) is 16.8 Å². The van der Waals surface area contributed by atoms with Gasteiger partial charge in [-0.25, -0.2) is 9.67 Å². The smallest absolute Gasteiger partial charge is 0.423 e. The number of nitrogen functional groups attached to an aromatic ring is 1. The maximum absolute atomic E-state index is 13.3. The molecule has 0 saturated heterocycles. The third-order valence-corrected chi connectivity index (χ3v) is 5.37. The van der Waals surface area contributed by atoms with Crippen molar-refractivity contribution < 1.29 is 23.0 Å². The Morgan fingerprint density at radius 3 is 2.59 bits per heavy atom. The molecule has 11 heteroatoms. The summed E-state index contributed by atoms with van der Waals surface area (Å²) in [5.41, 5.74) is 6.36. The van der Waals surface area contributed by atoms with Crippen LogP contribution in [0.15, 0.2) is 48.9 Å². The molecule has 0 fully saturated rings. The summed E-state index contributed by atoms with van der Waals surface area (Å²) in [6.45, 7) is 1.42. The van der Waals surface area contributed by atoms with Crippen molar-refractivity contribution in [1.82, 2.24) is 24.4 Å². The molecule has 4 heterocycles. The topological polar surface area (TPSA) is 103 Å². The molecule has 8 nitrogen and oxygen atoms in total. The second kappa shape index (κ2) is 7.83. The normalized spacial score (nSPS) is 13.9. The number of hydrogen-bond donors (Lipinski definition) is 2. The molecule has 1 atom stereocenters. The number of methoxy groups -OCH3 is 1. The van der Waals surface area contributed by atoms with Crippen molar-refractivity contribution in [3.8, 4) is 17.1 Å². The molecular formula is C21H21F3N6O2. The van der Waals surface area contributed by atoms with E-state index in [2.05, 4.69) is 15.3 Å². The van der Waals surface area contributed by atoms with Crippen molar-refractivity contribution in [3.05, 3.63) is 60.2 Å². The SMILES string of the molecule is CCC(O)(c1cn(Cc2ccn3c(-c4ccc(OC)nc4)c(N)cc3c2)nn1)C(F)(F)F. The Labute approximate surface area is 181 Å². The van der Waals surface area contributed by atoms with Gasteiger partial charge in [-0.1, -0.05) is 12.1 Å². The van der Waals surface area contributed by atoms with Gasteiger partial charge in [0.15, 0.2) is 0 Å². The van der Waals surface area contributed by atoms with Gasteiger partial charge in [0, 0.05) is 29.5 Å². The van der Waals surface area contributed by atoms with E-state index in [4.69, 9.17) is 10.5 Å². The fourth-order valence-electron chi connectivity index (χ4n) is 3.57. The number of halogens is 3. The molecule has 0 saturated carbocycles. The highest BCUT2D eigenvalue weighted by molar-refractivity contribution is 5.80. The second-order valence-electron chi connectivity index (χ2n) is 7.38. The van der Waals surface area contributed by atoms with Gasteiger partial charge >= 0.3 is 6.18 Å². The lowest BCUT2D eigenvalue weighted by molar-refractivity contribution is -0.269. The third kappa shape index (κ3) is 3.64. The number of pyridine rings is 2. The number of aromatic nitrogens is 5. The number of alkyl halides is 3. The predicted octanol–water partition coefficient (Wildman–Crippen LogP) is 3.39. The largest absolute Gasteiger partial charge is 0.481 e. The van der Waals surface area contributed by atoms with E-state index in [1.54, 1.807) is 18.3 Å². The van der Waals surface area contributed by atoms with E-state index < -0.39 is 23.9 Å². The van der Waals surface area contributed by atoms with Gasteiger partial charge in [-0.2, -0.15) is 13.2 Å². The predicted molar refractivity (Wildman–Crippen MR) is 111 cm³/mol. The van der Waals surface area contributed by atoms with Crippen LogP contribution < -0.4 is 10.5 Å². The molecule has 4 rings (SSSR count). The first-order valence-electron chi connectivity index (χ1n) is 9.76. The van der Waals surface area contributed by atoms with Gasteiger partial charge in [-0.15, -0.1) is 5.10 Å². The van der Waals surface area contributed by atoms with E-state index in [-0.39, 0.29) is 6.54 Å². The third-order valence-electron chi connectivity index (χ3n) is 5.37. The molecular weight excluding hydrogens is 425 g/mol. The molecule has 3 N–H and O–H groups in total. The summed E-state index contributed by atoms with van der Waals surface area (Å²) >= 11 is 0. The van der Waals surface area contributed by atoms with E-state index in [1.165, 1.54) is 18.7 Å². The van der Waals surface area contributed by atoms with Crippen LogP contribution in [0, 0.1) is 0 Å². The van der Waals surface area contributed by atoms with E-state index in [1.807, 2.05) is 28.8 Å². The molecule has 4 aromatic rings. The van der Waals surface area contributed by atoms with Crippen molar-refractivity contribution in [2.75, 3.05) is 12.8 Å². The van der Waals surface area contributed by atoms with Crippen LogP contribution in [0.1, 0.15) is 24.6 Å². The molecule has 0 aliphatic rings. The number of hydrogen-bond acceptors (Lipinski definition) is 6. The maximum Gasteiger partial charge on any atom is 0.423 e. The van der Waals surface area contributed by atoms with Crippen LogP contribution in [0.2, 0.25) is 0 Å². The molecule has 1 unspecified atom stereocenters. The van der Waals surface area contributed by atoms with Gasteiger partial charge in [-0.05, 0) is 36.2 Å². The highest BCUT2D eigenvalue weighted by Crippen LogP contribution is 2.40. The molecule has 4 aromatic heterocycles. The Hall–Kier alpha value is -3.60. The lowest BCUT2D eigenvalue weighted by atomic mass is 9.96. The summed E-state index contributed by atoms with van der Waals surface area (Å²) in [5, 5.41) is 17.4. The number of aliphatic hydroxyl groups is 1. The van der Waals surface area contributed by atoms with Gasteiger partial charge < -0.3 is 20.0 Å². The molecule has 168 valence electrons. The lowest BCUT2D eigenvalue weighted by Crippen LogP contribution is -2.42. The standard InChI is InChI=1S/C21H21F3N6O2/c1-3-20(31,21(22,23)24)17-12-29(28-27-17)11-13-6-7-30-15(8-13)9-16(25)19(30)14-4-5-18(32-2)26-10-14/h4-10,12,31H,3,11,25H2,1-2H3. The summed E-state index contributed by atoms with van der Waals surface area (Å²) in [5.74, 6) is 0.489. The van der Waals surface area contributed by atoms with E-state index >= 15 is 0 Å². The lowest BCUT2D eigenvalue weighted by Gasteiger charge is -2.26. The van der Waals surface area contributed by atoms with Crippen LogP contribution in [0.4, 0.5) is 18.9 Å². The summed E-state index contributed by atoms with van der Waals surface area (Å²) in [6, 6.07) is 9.06. The minimum atomic E-state index is -4.85. The van der Waals surface area contributed by atoms with Gasteiger partial charge in [0.2, 0.25) is 11.5 Å². The Balaban J connectivity index is 1.63. The first kappa shape index (κ1) is 21.6. The highest BCUT2D eigenvalue weighted by Gasteiger charge is 2.55. The monoisotopic (exact) mass is 446 g/mol. The first-order chi connectivity index (χ1) is 15.2. The van der Waals surface area contributed by atoms with Crippen molar-refractivity contribution in [1.29, 1.82) is 0 Å². The van der Waals surface area contributed by atoms with Crippen molar-refractivity contribution in [2.24, 2.45) is 0 Å². The summed E-state index contributed by atoms with van der Waals surface area (Å²) in [4.78, 5) is 4.21. The number of ether oxygens (including phenoxy) is 1. The number of nitrogens with two attached hydrogens (primary N) is 1. The Bertz CT molecular complexity index is 1250. The van der Waals surface area contributed by atoms with Crippen LogP contribution in [-0.2, 0) is 12.1 Å². The first-order valence-corrected chi connectivity index (χ1v) is 9.76. The van der Waals surface area contributed by atoms with Gasteiger partial charge in [0.05, 0.1) is 31.2 Å². The molecule has 0 aromatic carbocycles. The van der Waals surface area contributed by atoms with Crippen molar-refractivity contribution >= 4 is 11.2 Å². The van der Waals surface area contributed by atoms with Crippen LogP contribution >= 0.6 is 0 Å². The maximum atomic E-state index is 13.3. The average Bonchev–Trinajstić information content (AvgIpc) is 3.36. The van der Waals surface area contributed by atoms with Crippen molar-refractivity contribution in [2.45, 2.75) is 31.7 Å². The number of fused-ring (bicyclic) bond motifs is 1. The van der Waals surface area contributed by atoms with E-state index in [9.17, 15) is 18.3 Å².